The molecule has 0 saturated carbocycles. The molecule has 0 aromatic heterocycles. The Kier molecular flexibility index (Phi) is 6.77. The van der Waals surface area contributed by atoms with Crippen LogP contribution in [-0.2, 0) is 0 Å². The zero-order valence-corrected chi connectivity index (χ0v) is 9.36. The number of rotatable bonds is 1. The average molecular weight is 231 g/mol. The molecule has 2 aliphatic rings. The fraction of sp³-hybridized carbons (Fsp3) is 1.00. The number of thioether (sulfide) groups is 1. The fourth-order valence-corrected chi connectivity index (χ4v) is 2.73. The maximum atomic E-state index is 3.44. The zero-order valence-electron chi connectivity index (χ0n) is 6.91. The van der Waals surface area contributed by atoms with Crippen molar-refractivity contribution < 1.29 is 0 Å². The molecule has 12 heavy (non-hydrogen) atoms. The summed E-state index contributed by atoms with van der Waals surface area (Å²) in [6.07, 6.45) is 0. The van der Waals surface area contributed by atoms with Crippen LogP contribution in [0.1, 0.15) is 0 Å². The summed E-state index contributed by atoms with van der Waals surface area (Å²) < 4.78 is 0. The molecule has 74 valence electrons. The molecule has 5 heteroatoms. The lowest BCUT2D eigenvalue weighted by molar-refractivity contribution is 0.329. The van der Waals surface area contributed by atoms with Gasteiger partial charge in [-0.2, -0.15) is 11.8 Å². The molecule has 2 nitrogen and oxygen atoms in total. The highest BCUT2D eigenvalue weighted by molar-refractivity contribution is 8.00. The summed E-state index contributed by atoms with van der Waals surface area (Å²) >= 11 is 2.14. The van der Waals surface area contributed by atoms with Crippen molar-refractivity contribution in [3.63, 3.8) is 0 Å². The Morgan fingerprint density at radius 3 is 2.17 bits per heavy atom. The maximum absolute atomic E-state index is 3.44. The lowest BCUT2D eigenvalue weighted by Gasteiger charge is -2.36. The molecule has 0 amide bonds. The number of nitrogens with one attached hydrogen (secondary N) is 2. The quantitative estimate of drug-likeness (QED) is 0.696. The standard InChI is InChI=1S/C7H14N2S.2ClH/c1-2-10-7(5-8-1)6-3-9-4-6;;/h6-9H,1-5H2;2*1H. The van der Waals surface area contributed by atoms with Crippen LogP contribution in [0.25, 0.3) is 0 Å². The van der Waals surface area contributed by atoms with Gasteiger partial charge in [0.1, 0.15) is 0 Å². The predicted molar refractivity (Wildman–Crippen MR) is 60.0 cm³/mol. The van der Waals surface area contributed by atoms with Crippen molar-refractivity contribution in [1.29, 1.82) is 0 Å². The van der Waals surface area contributed by atoms with Crippen LogP contribution in [0.15, 0.2) is 0 Å². The monoisotopic (exact) mass is 230 g/mol. The van der Waals surface area contributed by atoms with E-state index in [1.54, 1.807) is 0 Å². The lowest BCUT2D eigenvalue weighted by Crippen LogP contribution is -2.51. The Hall–Kier alpha value is 0.850. The Morgan fingerprint density at radius 1 is 1.00 bits per heavy atom. The van der Waals surface area contributed by atoms with Crippen molar-refractivity contribution in [2.75, 3.05) is 31.9 Å². The first-order valence-electron chi connectivity index (χ1n) is 4.00. The van der Waals surface area contributed by atoms with E-state index in [1.807, 2.05) is 0 Å². The minimum Gasteiger partial charge on any atom is -0.316 e. The largest absolute Gasteiger partial charge is 0.316 e. The summed E-state index contributed by atoms with van der Waals surface area (Å²) in [6, 6.07) is 0. The van der Waals surface area contributed by atoms with Crippen LogP contribution in [0.3, 0.4) is 0 Å². The molecule has 0 aromatic rings. The summed E-state index contributed by atoms with van der Waals surface area (Å²) in [7, 11) is 0. The Bertz CT molecular complexity index is 116. The van der Waals surface area contributed by atoms with Gasteiger partial charge in [0.25, 0.3) is 0 Å². The number of halogens is 2. The van der Waals surface area contributed by atoms with E-state index in [-0.39, 0.29) is 24.8 Å². The molecule has 0 spiro atoms. The molecular weight excluding hydrogens is 215 g/mol. The normalized spacial score (nSPS) is 29.5. The first kappa shape index (κ1) is 12.8. The van der Waals surface area contributed by atoms with Gasteiger partial charge in [0.15, 0.2) is 0 Å². The molecular formula is C7H16Cl2N2S. The third-order valence-corrected chi connectivity index (χ3v) is 3.71. The molecule has 0 radical (unpaired) electrons. The maximum Gasteiger partial charge on any atom is 0.0225 e. The predicted octanol–water partition coefficient (Wildman–Crippen LogP) is 0.754. The van der Waals surface area contributed by atoms with Gasteiger partial charge < -0.3 is 10.6 Å². The third kappa shape index (κ3) is 2.96. The van der Waals surface area contributed by atoms with Gasteiger partial charge in [-0.1, -0.05) is 0 Å². The molecule has 0 bridgehead atoms. The van der Waals surface area contributed by atoms with Crippen molar-refractivity contribution in [2.24, 2.45) is 5.92 Å². The van der Waals surface area contributed by atoms with Crippen molar-refractivity contribution in [3.05, 3.63) is 0 Å². The van der Waals surface area contributed by atoms with Crippen LogP contribution in [-0.4, -0.2) is 37.2 Å². The van der Waals surface area contributed by atoms with Gasteiger partial charge in [-0.25, -0.2) is 0 Å². The second kappa shape index (κ2) is 6.33. The van der Waals surface area contributed by atoms with E-state index in [0.717, 1.165) is 11.2 Å². The van der Waals surface area contributed by atoms with Crippen molar-refractivity contribution >= 4 is 36.6 Å². The van der Waals surface area contributed by atoms with Crippen LogP contribution < -0.4 is 10.6 Å². The molecule has 0 aliphatic carbocycles. The van der Waals surface area contributed by atoms with Crippen LogP contribution in [0.4, 0.5) is 0 Å². The van der Waals surface area contributed by atoms with E-state index >= 15 is 0 Å². The highest BCUT2D eigenvalue weighted by Crippen LogP contribution is 2.23. The molecule has 2 heterocycles. The lowest BCUT2D eigenvalue weighted by atomic mass is 9.99. The van der Waals surface area contributed by atoms with Crippen molar-refractivity contribution in [2.45, 2.75) is 5.25 Å². The second-order valence-electron chi connectivity index (χ2n) is 3.03. The van der Waals surface area contributed by atoms with Crippen LogP contribution in [0.2, 0.25) is 0 Å². The Labute approximate surface area is 90.4 Å². The van der Waals surface area contributed by atoms with Crippen LogP contribution in [0.5, 0.6) is 0 Å². The zero-order chi connectivity index (χ0) is 6.81. The molecule has 1 atom stereocenters. The van der Waals surface area contributed by atoms with Gasteiger partial charge in [-0.05, 0) is 5.92 Å². The Balaban J connectivity index is 0.000000605. The smallest absolute Gasteiger partial charge is 0.0225 e. The summed E-state index contributed by atoms with van der Waals surface area (Å²) in [4.78, 5) is 0. The van der Waals surface area contributed by atoms with Crippen LogP contribution in [0, 0.1) is 5.92 Å². The van der Waals surface area contributed by atoms with E-state index in [0.29, 0.717) is 0 Å². The molecule has 2 fully saturated rings. The SMILES string of the molecule is C1CSC(C2CNC2)CN1.Cl.Cl. The van der Waals surface area contributed by atoms with Gasteiger partial charge in [0, 0.05) is 37.2 Å². The topological polar surface area (TPSA) is 24.1 Å². The van der Waals surface area contributed by atoms with Gasteiger partial charge in [-0.15, -0.1) is 24.8 Å². The van der Waals surface area contributed by atoms with Crippen molar-refractivity contribution in [1.82, 2.24) is 10.6 Å². The fourth-order valence-electron chi connectivity index (χ4n) is 1.46. The minimum atomic E-state index is 0. The van der Waals surface area contributed by atoms with Gasteiger partial charge in [-0.3, -0.25) is 0 Å². The summed E-state index contributed by atoms with van der Waals surface area (Å²) in [6.45, 7) is 4.94. The summed E-state index contributed by atoms with van der Waals surface area (Å²) in [5, 5.41) is 7.65. The number of hydrogen-bond acceptors (Lipinski definition) is 3. The molecule has 2 aliphatic heterocycles. The Morgan fingerprint density at radius 2 is 1.75 bits per heavy atom. The third-order valence-electron chi connectivity index (χ3n) is 2.30. The average Bonchev–Trinajstić information content (AvgIpc) is 1.86. The highest BCUT2D eigenvalue weighted by atomic mass is 35.5. The highest BCUT2D eigenvalue weighted by Gasteiger charge is 2.28. The van der Waals surface area contributed by atoms with Crippen molar-refractivity contribution in [3.8, 4) is 0 Å². The van der Waals surface area contributed by atoms with E-state index < -0.39 is 0 Å². The van der Waals surface area contributed by atoms with E-state index in [2.05, 4.69) is 22.4 Å². The van der Waals surface area contributed by atoms with Gasteiger partial charge >= 0.3 is 0 Å². The van der Waals surface area contributed by atoms with Gasteiger partial charge in [0.2, 0.25) is 0 Å². The molecule has 2 rings (SSSR count). The van der Waals surface area contributed by atoms with E-state index in [1.165, 1.54) is 31.9 Å². The van der Waals surface area contributed by atoms with E-state index in [4.69, 9.17) is 0 Å². The molecule has 2 N–H and O–H groups in total. The second-order valence-corrected chi connectivity index (χ2v) is 4.38. The van der Waals surface area contributed by atoms with E-state index in [9.17, 15) is 0 Å². The van der Waals surface area contributed by atoms with Crippen LogP contribution >= 0.6 is 36.6 Å². The first-order valence-corrected chi connectivity index (χ1v) is 5.05. The van der Waals surface area contributed by atoms with Gasteiger partial charge in [0.05, 0.1) is 0 Å². The number of hydrogen-bond donors (Lipinski definition) is 2. The summed E-state index contributed by atoms with van der Waals surface area (Å²) in [5.74, 6) is 2.26. The minimum absolute atomic E-state index is 0. The molecule has 2 saturated heterocycles. The first-order chi connectivity index (χ1) is 4.97. The molecule has 0 aromatic carbocycles. The summed E-state index contributed by atoms with van der Waals surface area (Å²) in [5.41, 5.74) is 0. The molecule has 1 unspecified atom stereocenters.